The van der Waals surface area contributed by atoms with Gasteiger partial charge in [-0.1, -0.05) is 25.7 Å². The van der Waals surface area contributed by atoms with Crippen molar-refractivity contribution in [1.29, 1.82) is 0 Å². The van der Waals surface area contributed by atoms with E-state index in [1.807, 2.05) is 0 Å². The number of hydrogen-bond donors (Lipinski definition) is 1. The van der Waals surface area contributed by atoms with Crippen molar-refractivity contribution in [2.24, 2.45) is 5.92 Å². The van der Waals surface area contributed by atoms with Crippen LogP contribution in [0.5, 0.6) is 0 Å². The van der Waals surface area contributed by atoms with Crippen molar-refractivity contribution in [3.63, 3.8) is 0 Å². The topological polar surface area (TPSA) is 57.6 Å². The largest absolute Gasteiger partial charge is 0.480 e. The minimum Gasteiger partial charge on any atom is -0.480 e. The molecule has 2 fully saturated rings. The fourth-order valence-electron chi connectivity index (χ4n) is 2.83. The van der Waals surface area contributed by atoms with Crippen LogP contribution in [-0.2, 0) is 9.59 Å². The Morgan fingerprint density at radius 3 is 2.44 bits per heavy atom. The Labute approximate surface area is 112 Å². The predicted molar refractivity (Wildman–Crippen MR) is 71.4 cm³/mol. The molecule has 102 valence electrons. The summed E-state index contributed by atoms with van der Waals surface area (Å²) in [6.45, 7) is 0. The van der Waals surface area contributed by atoms with E-state index in [-0.39, 0.29) is 5.91 Å². The van der Waals surface area contributed by atoms with Gasteiger partial charge in [-0.05, 0) is 18.8 Å². The summed E-state index contributed by atoms with van der Waals surface area (Å²) in [5, 5.41) is 9.08. The van der Waals surface area contributed by atoms with Crippen molar-refractivity contribution < 1.29 is 14.7 Å². The Hall–Kier alpha value is -0.710. The van der Waals surface area contributed by atoms with Gasteiger partial charge in [0, 0.05) is 12.2 Å². The van der Waals surface area contributed by atoms with Crippen molar-refractivity contribution in [2.45, 2.75) is 51.0 Å². The molecule has 18 heavy (non-hydrogen) atoms. The van der Waals surface area contributed by atoms with E-state index in [1.165, 1.54) is 37.4 Å². The lowest BCUT2D eigenvalue weighted by Gasteiger charge is -2.23. The number of carbonyl (C=O) groups is 2. The first kappa shape index (κ1) is 13.7. The van der Waals surface area contributed by atoms with E-state index in [9.17, 15) is 9.59 Å². The van der Waals surface area contributed by atoms with Gasteiger partial charge in [0.05, 0.1) is 5.88 Å². The molecule has 0 aromatic rings. The second-order valence-corrected chi connectivity index (χ2v) is 6.28. The van der Waals surface area contributed by atoms with Gasteiger partial charge < -0.3 is 10.0 Å². The highest BCUT2D eigenvalue weighted by Crippen LogP contribution is 2.28. The minimum absolute atomic E-state index is 0.0410. The average molecular weight is 271 g/mol. The van der Waals surface area contributed by atoms with Crippen LogP contribution in [0.25, 0.3) is 0 Å². The molecule has 1 atom stereocenters. The molecular weight excluding hydrogens is 250 g/mol. The van der Waals surface area contributed by atoms with Gasteiger partial charge in [0.15, 0.2) is 0 Å². The van der Waals surface area contributed by atoms with E-state index in [4.69, 9.17) is 5.11 Å². The minimum atomic E-state index is -0.866. The number of nitrogens with zero attached hydrogens (tertiary/aromatic N) is 1. The molecule has 0 radical (unpaired) electrons. The van der Waals surface area contributed by atoms with Gasteiger partial charge in [-0.2, -0.15) is 0 Å². The van der Waals surface area contributed by atoms with Crippen LogP contribution in [0.2, 0.25) is 0 Å². The first-order valence-corrected chi connectivity index (χ1v) is 7.94. The maximum atomic E-state index is 12.2. The van der Waals surface area contributed by atoms with Gasteiger partial charge in [-0.3, -0.25) is 4.79 Å². The average Bonchev–Trinajstić information content (AvgIpc) is 2.70. The lowest BCUT2D eigenvalue weighted by atomic mass is 9.96. The molecule has 2 rings (SSSR count). The van der Waals surface area contributed by atoms with Crippen LogP contribution in [-0.4, -0.2) is 39.6 Å². The molecule has 2 aliphatic rings. The van der Waals surface area contributed by atoms with Gasteiger partial charge >= 0.3 is 5.97 Å². The second-order valence-electron chi connectivity index (χ2n) is 5.28. The Balaban J connectivity index is 1.88. The molecule has 1 N–H and O–H groups in total. The Kier molecular flexibility index (Phi) is 4.92. The number of aliphatic carboxylic acids is 1. The van der Waals surface area contributed by atoms with Crippen molar-refractivity contribution in [3.05, 3.63) is 0 Å². The zero-order chi connectivity index (χ0) is 13.0. The third-order valence-corrected chi connectivity index (χ3v) is 4.94. The van der Waals surface area contributed by atoms with Crippen LogP contribution in [0.4, 0.5) is 0 Å². The zero-order valence-electron chi connectivity index (χ0n) is 10.6. The lowest BCUT2D eigenvalue weighted by Crippen LogP contribution is -2.42. The highest BCUT2D eigenvalue weighted by Gasteiger charge is 2.35. The van der Waals surface area contributed by atoms with E-state index in [2.05, 4.69) is 0 Å². The predicted octanol–water partition coefficient (Wildman–Crippen LogP) is 2.33. The molecule has 0 aromatic carbocycles. The molecule has 5 heteroatoms. The van der Waals surface area contributed by atoms with Crippen molar-refractivity contribution in [2.75, 3.05) is 11.6 Å². The number of carboxylic acid groups (broad SMARTS) is 1. The van der Waals surface area contributed by atoms with Crippen molar-refractivity contribution in [1.82, 2.24) is 4.90 Å². The zero-order valence-corrected chi connectivity index (χ0v) is 11.5. The first-order valence-electron chi connectivity index (χ1n) is 6.78. The summed E-state index contributed by atoms with van der Waals surface area (Å²) in [4.78, 5) is 24.8. The molecule has 0 unspecified atom stereocenters. The number of carboxylic acids is 1. The van der Waals surface area contributed by atoms with Crippen LogP contribution in [0.15, 0.2) is 0 Å². The van der Waals surface area contributed by atoms with Gasteiger partial charge in [0.25, 0.3) is 0 Å². The fourth-order valence-corrected chi connectivity index (χ4v) is 4.00. The maximum Gasteiger partial charge on any atom is 0.327 e. The Morgan fingerprint density at radius 1 is 1.17 bits per heavy atom. The van der Waals surface area contributed by atoms with Crippen molar-refractivity contribution in [3.8, 4) is 0 Å². The van der Waals surface area contributed by atoms with Crippen LogP contribution in [0.1, 0.15) is 44.9 Å². The van der Waals surface area contributed by atoms with Crippen LogP contribution >= 0.6 is 11.8 Å². The third kappa shape index (κ3) is 3.40. The SMILES string of the molecule is O=C(O)[C@@H]1CSCN1C(=O)CC1CCCCCC1. The van der Waals surface area contributed by atoms with E-state index >= 15 is 0 Å². The quantitative estimate of drug-likeness (QED) is 0.800. The molecule has 1 amide bonds. The molecule has 1 saturated carbocycles. The van der Waals surface area contributed by atoms with E-state index in [0.29, 0.717) is 24.0 Å². The molecule has 0 bridgehead atoms. The summed E-state index contributed by atoms with van der Waals surface area (Å²) in [5.41, 5.74) is 0. The molecule has 1 aliphatic carbocycles. The Morgan fingerprint density at radius 2 is 1.83 bits per heavy atom. The lowest BCUT2D eigenvalue weighted by molar-refractivity contribution is -0.148. The van der Waals surface area contributed by atoms with Crippen molar-refractivity contribution >= 4 is 23.6 Å². The third-order valence-electron chi connectivity index (χ3n) is 3.93. The van der Waals surface area contributed by atoms with Gasteiger partial charge in [0.1, 0.15) is 6.04 Å². The second kappa shape index (κ2) is 6.45. The first-order chi connectivity index (χ1) is 8.68. The summed E-state index contributed by atoms with van der Waals surface area (Å²) in [5.74, 6) is 0.724. The molecule has 1 aliphatic heterocycles. The number of rotatable bonds is 3. The van der Waals surface area contributed by atoms with E-state index in [1.54, 1.807) is 4.90 Å². The van der Waals surface area contributed by atoms with E-state index in [0.717, 1.165) is 12.8 Å². The van der Waals surface area contributed by atoms with Crippen LogP contribution in [0, 0.1) is 5.92 Å². The highest BCUT2D eigenvalue weighted by molar-refractivity contribution is 7.99. The van der Waals surface area contributed by atoms with Gasteiger partial charge in [-0.25, -0.2) is 4.79 Å². The van der Waals surface area contributed by atoms with Gasteiger partial charge in [0.2, 0.25) is 5.91 Å². The molecule has 1 heterocycles. The standard InChI is InChI=1S/C13H21NO3S/c15-12(7-10-5-3-1-2-4-6-10)14-9-18-8-11(14)13(16)17/h10-11H,1-9H2,(H,16,17)/t11-/m0/s1. The monoisotopic (exact) mass is 271 g/mol. The molecule has 4 nitrogen and oxygen atoms in total. The maximum absolute atomic E-state index is 12.2. The van der Waals surface area contributed by atoms with Crippen LogP contribution in [0.3, 0.4) is 0 Å². The molecule has 0 aromatic heterocycles. The van der Waals surface area contributed by atoms with Crippen LogP contribution < -0.4 is 0 Å². The highest BCUT2D eigenvalue weighted by atomic mass is 32.2. The number of thioether (sulfide) groups is 1. The molecule has 1 saturated heterocycles. The van der Waals surface area contributed by atoms with E-state index < -0.39 is 12.0 Å². The fraction of sp³-hybridized carbons (Fsp3) is 0.846. The summed E-state index contributed by atoms with van der Waals surface area (Å²) in [7, 11) is 0. The summed E-state index contributed by atoms with van der Waals surface area (Å²) < 4.78 is 0. The summed E-state index contributed by atoms with van der Waals surface area (Å²) in [6.07, 6.45) is 7.80. The van der Waals surface area contributed by atoms with Gasteiger partial charge in [-0.15, -0.1) is 11.8 Å². The smallest absolute Gasteiger partial charge is 0.327 e. The normalized spacial score (nSPS) is 26.0. The molecular formula is C13H21NO3S. The molecule has 0 spiro atoms. The number of amides is 1. The number of hydrogen-bond acceptors (Lipinski definition) is 3. The number of carbonyl (C=O) groups excluding carboxylic acids is 1. The Bertz CT molecular complexity index is 313. The summed E-state index contributed by atoms with van der Waals surface area (Å²) in [6, 6.07) is -0.603. The summed E-state index contributed by atoms with van der Waals surface area (Å²) >= 11 is 1.54.